The van der Waals surface area contributed by atoms with Crippen molar-refractivity contribution in [3.05, 3.63) is 47.9 Å². The number of fused-ring (bicyclic) bond motifs is 1. The van der Waals surface area contributed by atoms with Gasteiger partial charge in [0.2, 0.25) is 0 Å². The maximum atomic E-state index is 12.7. The summed E-state index contributed by atoms with van der Waals surface area (Å²) >= 11 is 0. The predicted octanol–water partition coefficient (Wildman–Crippen LogP) is 2.01. The summed E-state index contributed by atoms with van der Waals surface area (Å²) in [5, 5.41) is 4.81. The van der Waals surface area contributed by atoms with Crippen LogP contribution >= 0.6 is 0 Å². The van der Waals surface area contributed by atoms with Gasteiger partial charge in [-0.15, -0.1) is 0 Å². The minimum absolute atomic E-state index is 0.0466. The number of aryl methyl sites for hydroxylation is 1. The third-order valence-corrected chi connectivity index (χ3v) is 3.92. The number of anilines is 1. The van der Waals surface area contributed by atoms with Crippen molar-refractivity contribution in [2.75, 3.05) is 25.6 Å². The number of nitrogens with zero attached hydrogens (tertiary/aromatic N) is 3. The quantitative estimate of drug-likeness (QED) is 0.573. The lowest BCUT2D eigenvalue weighted by Crippen LogP contribution is -2.25. The van der Waals surface area contributed by atoms with Gasteiger partial charge in [0.15, 0.2) is 5.78 Å². The van der Waals surface area contributed by atoms with E-state index < -0.39 is 5.97 Å². The number of carbonyl (C=O) groups excluding carboxylic acids is 2. The molecule has 0 fully saturated rings. The average Bonchev–Trinajstić information content (AvgIpc) is 3.19. The van der Waals surface area contributed by atoms with Crippen molar-refractivity contribution in [3.63, 3.8) is 0 Å². The Hall–Kier alpha value is -3.09. The first-order valence-electron chi connectivity index (χ1n) is 7.42. The number of hydrogen-bond acceptors (Lipinski definition) is 5. The van der Waals surface area contributed by atoms with Gasteiger partial charge in [-0.3, -0.25) is 9.48 Å². The van der Waals surface area contributed by atoms with Crippen LogP contribution in [0.1, 0.15) is 20.7 Å². The van der Waals surface area contributed by atoms with E-state index in [1.165, 1.54) is 7.11 Å². The summed E-state index contributed by atoms with van der Waals surface area (Å²) in [6, 6.07) is 5.11. The predicted molar refractivity (Wildman–Crippen MR) is 90.4 cm³/mol. The zero-order chi connectivity index (χ0) is 17.3. The van der Waals surface area contributed by atoms with Crippen LogP contribution in [0.3, 0.4) is 0 Å². The van der Waals surface area contributed by atoms with Crippen LogP contribution < -0.4 is 4.90 Å². The second kappa shape index (κ2) is 6.19. The Balaban J connectivity index is 1.88. The number of ether oxygens (including phenoxy) is 1. The van der Waals surface area contributed by atoms with Gasteiger partial charge in [-0.2, -0.15) is 5.10 Å². The summed E-state index contributed by atoms with van der Waals surface area (Å²) in [4.78, 5) is 29.2. The van der Waals surface area contributed by atoms with Gasteiger partial charge in [-0.05, 0) is 18.2 Å². The fraction of sp³-hybridized carbons (Fsp3) is 0.235. The summed E-state index contributed by atoms with van der Waals surface area (Å²) in [6.07, 6.45) is 5.22. The normalized spacial score (nSPS) is 10.8. The van der Waals surface area contributed by atoms with Crippen LogP contribution in [-0.2, 0) is 11.8 Å². The number of Topliss-reactive ketones (excluding diaryl/α,β-unsaturated/α-hetero) is 1. The molecule has 0 amide bonds. The first-order chi connectivity index (χ1) is 11.5. The van der Waals surface area contributed by atoms with Crippen molar-refractivity contribution >= 4 is 28.3 Å². The summed E-state index contributed by atoms with van der Waals surface area (Å²) in [6.45, 7) is 0.209. The van der Waals surface area contributed by atoms with Gasteiger partial charge in [0, 0.05) is 43.0 Å². The highest BCUT2D eigenvalue weighted by atomic mass is 16.5. The fourth-order valence-corrected chi connectivity index (χ4v) is 2.59. The topological polar surface area (TPSA) is 80.2 Å². The van der Waals surface area contributed by atoms with E-state index in [0.29, 0.717) is 16.5 Å². The molecule has 0 saturated heterocycles. The highest BCUT2D eigenvalue weighted by Crippen LogP contribution is 2.22. The van der Waals surface area contributed by atoms with Gasteiger partial charge in [0.25, 0.3) is 0 Å². The van der Waals surface area contributed by atoms with Gasteiger partial charge in [-0.1, -0.05) is 0 Å². The van der Waals surface area contributed by atoms with Gasteiger partial charge < -0.3 is 14.6 Å². The number of carbonyl (C=O) groups is 2. The SMILES string of the molecule is COC(=O)c1ccc2[nH]cc(C(=O)CN(C)c3cnn(C)c3)c2c1. The van der Waals surface area contributed by atoms with Crippen LogP contribution in [0.15, 0.2) is 36.8 Å². The minimum atomic E-state index is -0.427. The molecule has 0 saturated carbocycles. The second-order valence-electron chi connectivity index (χ2n) is 5.61. The van der Waals surface area contributed by atoms with E-state index in [9.17, 15) is 9.59 Å². The third-order valence-electron chi connectivity index (χ3n) is 3.92. The van der Waals surface area contributed by atoms with E-state index in [4.69, 9.17) is 4.74 Å². The van der Waals surface area contributed by atoms with Crippen LogP contribution in [0, 0.1) is 0 Å². The van der Waals surface area contributed by atoms with Crippen molar-refractivity contribution in [1.82, 2.24) is 14.8 Å². The van der Waals surface area contributed by atoms with Gasteiger partial charge >= 0.3 is 5.97 Å². The molecule has 0 aliphatic heterocycles. The molecule has 2 aromatic heterocycles. The molecular formula is C17H18N4O3. The molecular weight excluding hydrogens is 308 g/mol. The Bertz CT molecular complexity index is 910. The molecule has 0 aliphatic carbocycles. The van der Waals surface area contributed by atoms with E-state index in [1.807, 2.05) is 25.2 Å². The number of rotatable bonds is 5. The fourth-order valence-electron chi connectivity index (χ4n) is 2.59. The Morgan fingerprint density at radius 1 is 1.38 bits per heavy atom. The molecule has 124 valence electrons. The van der Waals surface area contributed by atoms with E-state index >= 15 is 0 Å². The number of likely N-dealkylation sites (N-methyl/N-ethyl adjacent to an activating group) is 1. The maximum absolute atomic E-state index is 12.7. The molecule has 1 aromatic carbocycles. The summed E-state index contributed by atoms with van der Waals surface area (Å²) < 4.78 is 6.42. The molecule has 0 atom stereocenters. The largest absolute Gasteiger partial charge is 0.465 e. The number of methoxy groups -OCH3 is 1. The Labute approximate surface area is 138 Å². The Morgan fingerprint density at radius 2 is 2.17 bits per heavy atom. The smallest absolute Gasteiger partial charge is 0.337 e. The molecule has 0 spiro atoms. The number of aromatic nitrogens is 3. The molecule has 2 heterocycles. The molecule has 24 heavy (non-hydrogen) atoms. The molecule has 7 nitrogen and oxygen atoms in total. The van der Waals surface area contributed by atoms with E-state index in [0.717, 1.165) is 11.2 Å². The molecule has 0 radical (unpaired) electrons. The van der Waals surface area contributed by atoms with Gasteiger partial charge in [0.1, 0.15) is 0 Å². The number of esters is 1. The van der Waals surface area contributed by atoms with Crippen LogP contribution in [0.5, 0.6) is 0 Å². The van der Waals surface area contributed by atoms with E-state index in [2.05, 4.69) is 10.1 Å². The Kier molecular flexibility index (Phi) is 4.07. The number of hydrogen-bond donors (Lipinski definition) is 1. The molecule has 0 unspecified atom stereocenters. The highest BCUT2D eigenvalue weighted by molar-refractivity contribution is 6.10. The summed E-state index contributed by atoms with van der Waals surface area (Å²) in [5.74, 6) is -0.474. The first kappa shape index (κ1) is 15.8. The van der Waals surface area contributed by atoms with Crippen LogP contribution in [-0.4, -0.2) is 47.2 Å². The average molecular weight is 326 g/mol. The monoisotopic (exact) mass is 326 g/mol. The molecule has 3 aromatic rings. The first-order valence-corrected chi connectivity index (χ1v) is 7.42. The lowest BCUT2D eigenvalue weighted by Gasteiger charge is -2.15. The number of benzene rings is 1. The van der Waals surface area contributed by atoms with Crippen molar-refractivity contribution in [1.29, 1.82) is 0 Å². The van der Waals surface area contributed by atoms with Crippen molar-refractivity contribution in [3.8, 4) is 0 Å². The number of aromatic amines is 1. The molecule has 0 aliphatic rings. The Morgan fingerprint density at radius 3 is 2.83 bits per heavy atom. The van der Waals surface area contributed by atoms with E-state index in [-0.39, 0.29) is 12.3 Å². The van der Waals surface area contributed by atoms with Crippen LogP contribution in [0.4, 0.5) is 5.69 Å². The highest BCUT2D eigenvalue weighted by Gasteiger charge is 2.17. The zero-order valence-electron chi connectivity index (χ0n) is 13.7. The van der Waals surface area contributed by atoms with Crippen molar-refractivity contribution in [2.45, 2.75) is 0 Å². The van der Waals surface area contributed by atoms with Gasteiger partial charge in [0.05, 0.1) is 31.1 Å². The zero-order valence-corrected chi connectivity index (χ0v) is 13.7. The molecule has 1 N–H and O–H groups in total. The lowest BCUT2D eigenvalue weighted by molar-refractivity contribution is 0.0600. The standard InChI is InChI=1S/C17H18N4O3/c1-20(12-7-19-21(2)9-12)10-16(22)14-8-18-15-5-4-11(6-13(14)15)17(23)24-3/h4-9,18H,10H2,1-3H3. The number of H-pyrrole nitrogens is 1. The third kappa shape index (κ3) is 2.88. The maximum Gasteiger partial charge on any atom is 0.337 e. The van der Waals surface area contributed by atoms with Crippen LogP contribution in [0.25, 0.3) is 10.9 Å². The second-order valence-corrected chi connectivity index (χ2v) is 5.61. The minimum Gasteiger partial charge on any atom is -0.465 e. The lowest BCUT2D eigenvalue weighted by atomic mass is 10.1. The van der Waals surface area contributed by atoms with Crippen LogP contribution in [0.2, 0.25) is 0 Å². The molecule has 0 bridgehead atoms. The summed E-state index contributed by atoms with van der Waals surface area (Å²) in [5.41, 5.74) is 2.63. The van der Waals surface area contributed by atoms with Crippen molar-refractivity contribution < 1.29 is 14.3 Å². The van der Waals surface area contributed by atoms with Gasteiger partial charge in [-0.25, -0.2) is 4.79 Å². The van der Waals surface area contributed by atoms with Crippen molar-refractivity contribution in [2.24, 2.45) is 7.05 Å². The summed E-state index contributed by atoms with van der Waals surface area (Å²) in [7, 11) is 5.00. The number of ketones is 1. The number of nitrogens with one attached hydrogen (secondary N) is 1. The molecule has 3 rings (SSSR count). The molecule has 7 heteroatoms. The van der Waals surface area contributed by atoms with E-state index in [1.54, 1.807) is 35.3 Å².